The van der Waals surface area contributed by atoms with Crippen molar-refractivity contribution in [3.8, 4) is 5.75 Å². The summed E-state index contributed by atoms with van der Waals surface area (Å²) < 4.78 is 31.8. The molecule has 10 heteroatoms. The molecule has 2 aromatic carbocycles. The van der Waals surface area contributed by atoms with E-state index < -0.39 is 20.6 Å². The summed E-state index contributed by atoms with van der Waals surface area (Å²) in [5.74, 6) is 0.223. The average Bonchev–Trinajstić information content (AvgIpc) is 2.49. The topological polar surface area (TPSA) is 98.5 Å². The van der Waals surface area contributed by atoms with Gasteiger partial charge in [0.15, 0.2) is 0 Å². The number of hydrogen-bond acceptors (Lipinski definition) is 5. The standard InChI is InChI=1S/C13H10Cl2N2O5S/c1-22-9-3-5-11(12(7-9)17(18)19)16-23(20,21)13-6-8(14)2-4-10(13)15/h2-7,16H,1H3. The molecule has 7 nitrogen and oxygen atoms in total. The number of nitrogens with zero attached hydrogens (tertiary/aromatic N) is 1. The molecule has 2 aromatic rings. The first-order chi connectivity index (χ1) is 10.7. The van der Waals surface area contributed by atoms with Gasteiger partial charge < -0.3 is 4.74 Å². The molecular weight excluding hydrogens is 367 g/mol. The second-order valence-electron chi connectivity index (χ2n) is 4.32. The fourth-order valence-electron chi connectivity index (χ4n) is 1.76. The summed E-state index contributed by atoms with van der Waals surface area (Å²) >= 11 is 11.6. The number of ether oxygens (including phenoxy) is 1. The van der Waals surface area contributed by atoms with Crippen LogP contribution in [0.5, 0.6) is 5.75 Å². The Bertz CT molecular complexity index is 871. The average molecular weight is 377 g/mol. The van der Waals surface area contributed by atoms with Gasteiger partial charge in [0.1, 0.15) is 16.3 Å². The van der Waals surface area contributed by atoms with Crippen LogP contribution < -0.4 is 9.46 Å². The third-order valence-electron chi connectivity index (χ3n) is 2.83. The van der Waals surface area contributed by atoms with Crippen molar-refractivity contribution in [2.24, 2.45) is 0 Å². The summed E-state index contributed by atoms with van der Waals surface area (Å²) in [6.07, 6.45) is 0. The third kappa shape index (κ3) is 3.84. The van der Waals surface area contributed by atoms with Crippen LogP contribution in [0.2, 0.25) is 10.0 Å². The molecule has 0 aromatic heterocycles. The minimum atomic E-state index is -4.15. The molecule has 0 aliphatic carbocycles. The normalized spacial score (nSPS) is 11.1. The van der Waals surface area contributed by atoms with Crippen molar-refractivity contribution in [2.75, 3.05) is 11.8 Å². The maximum Gasteiger partial charge on any atom is 0.297 e. The molecule has 23 heavy (non-hydrogen) atoms. The van der Waals surface area contributed by atoms with Crippen LogP contribution in [-0.2, 0) is 10.0 Å². The number of hydrogen-bond donors (Lipinski definition) is 1. The van der Waals surface area contributed by atoms with E-state index in [0.29, 0.717) is 0 Å². The van der Waals surface area contributed by atoms with Gasteiger partial charge in [0, 0.05) is 5.02 Å². The summed E-state index contributed by atoms with van der Waals surface area (Å²) in [4.78, 5) is 10.1. The lowest BCUT2D eigenvalue weighted by molar-refractivity contribution is -0.384. The Labute approximate surface area is 142 Å². The molecule has 0 saturated heterocycles. The lowest BCUT2D eigenvalue weighted by Crippen LogP contribution is -2.14. The predicted molar refractivity (Wildman–Crippen MR) is 86.9 cm³/mol. The quantitative estimate of drug-likeness (QED) is 0.633. The molecule has 0 fully saturated rings. The van der Waals surface area contributed by atoms with E-state index >= 15 is 0 Å². The number of halogens is 2. The summed E-state index contributed by atoms with van der Waals surface area (Å²) in [6, 6.07) is 7.63. The number of methoxy groups -OCH3 is 1. The number of sulfonamides is 1. The van der Waals surface area contributed by atoms with Gasteiger partial charge in [0.2, 0.25) is 0 Å². The molecule has 2 rings (SSSR count). The number of anilines is 1. The van der Waals surface area contributed by atoms with Gasteiger partial charge in [-0.2, -0.15) is 0 Å². The highest BCUT2D eigenvalue weighted by Gasteiger charge is 2.23. The van der Waals surface area contributed by atoms with Crippen molar-refractivity contribution < 1.29 is 18.1 Å². The second-order valence-corrected chi connectivity index (χ2v) is 6.81. The largest absolute Gasteiger partial charge is 0.496 e. The van der Waals surface area contributed by atoms with E-state index in [9.17, 15) is 18.5 Å². The van der Waals surface area contributed by atoms with Crippen molar-refractivity contribution in [3.05, 3.63) is 56.6 Å². The van der Waals surface area contributed by atoms with Crippen LogP contribution in [0.3, 0.4) is 0 Å². The molecule has 0 amide bonds. The Morgan fingerprint density at radius 2 is 1.87 bits per heavy atom. The van der Waals surface area contributed by atoms with Crippen LogP contribution >= 0.6 is 23.2 Å². The minimum absolute atomic E-state index is 0.0573. The van der Waals surface area contributed by atoms with Crippen molar-refractivity contribution in [1.29, 1.82) is 0 Å². The number of nitro benzene ring substituents is 1. The third-order valence-corrected chi connectivity index (χ3v) is 4.91. The van der Waals surface area contributed by atoms with Crippen LogP contribution in [-0.4, -0.2) is 20.5 Å². The van der Waals surface area contributed by atoms with Crippen molar-refractivity contribution >= 4 is 44.6 Å². The lowest BCUT2D eigenvalue weighted by atomic mass is 10.2. The zero-order valence-corrected chi connectivity index (χ0v) is 13.9. The van der Waals surface area contributed by atoms with Gasteiger partial charge in [-0.15, -0.1) is 0 Å². The van der Waals surface area contributed by atoms with Gasteiger partial charge in [0.25, 0.3) is 15.7 Å². The highest BCUT2D eigenvalue weighted by Crippen LogP contribution is 2.32. The molecule has 0 aliphatic heterocycles. The second kappa shape index (κ2) is 6.61. The first kappa shape index (κ1) is 17.3. The Balaban J connectivity index is 2.49. The van der Waals surface area contributed by atoms with Crippen LogP contribution in [0.1, 0.15) is 0 Å². The van der Waals surface area contributed by atoms with Gasteiger partial charge in [-0.1, -0.05) is 23.2 Å². The molecular formula is C13H10Cl2N2O5S. The number of nitrogens with one attached hydrogen (secondary N) is 1. The maximum absolute atomic E-state index is 12.4. The van der Waals surface area contributed by atoms with E-state index in [1.807, 2.05) is 0 Å². The van der Waals surface area contributed by atoms with Crippen molar-refractivity contribution in [2.45, 2.75) is 4.90 Å². The van der Waals surface area contributed by atoms with Gasteiger partial charge in [-0.25, -0.2) is 8.42 Å². The van der Waals surface area contributed by atoms with Crippen LogP contribution in [0.4, 0.5) is 11.4 Å². The number of rotatable bonds is 5. The van der Waals surface area contributed by atoms with E-state index in [1.165, 1.54) is 31.4 Å². The molecule has 0 bridgehead atoms. The van der Waals surface area contributed by atoms with Crippen LogP contribution in [0.15, 0.2) is 41.3 Å². The molecule has 122 valence electrons. The van der Waals surface area contributed by atoms with Gasteiger partial charge in [-0.3, -0.25) is 14.8 Å². The lowest BCUT2D eigenvalue weighted by Gasteiger charge is -2.11. The molecule has 0 spiro atoms. The number of benzene rings is 2. The fourth-order valence-corrected chi connectivity index (χ4v) is 3.60. The SMILES string of the molecule is COc1ccc(NS(=O)(=O)c2cc(Cl)ccc2Cl)c([N+](=O)[O-])c1. The van der Waals surface area contributed by atoms with E-state index in [2.05, 4.69) is 4.72 Å². The zero-order valence-electron chi connectivity index (χ0n) is 11.6. The molecule has 0 atom stereocenters. The zero-order chi connectivity index (χ0) is 17.2. The van der Waals surface area contributed by atoms with E-state index in [1.54, 1.807) is 0 Å². The molecule has 0 unspecified atom stereocenters. The number of nitro groups is 1. The Morgan fingerprint density at radius 3 is 2.48 bits per heavy atom. The van der Waals surface area contributed by atoms with Crippen LogP contribution in [0, 0.1) is 10.1 Å². The summed E-state index contributed by atoms with van der Waals surface area (Å²) in [5.41, 5.74) is -0.669. The Kier molecular flexibility index (Phi) is 4.98. The molecule has 0 aliphatic rings. The molecule has 0 heterocycles. The summed E-state index contributed by atoms with van der Waals surface area (Å²) in [7, 11) is -2.81. The maximum atomic E-state index is 12.4. The highest BCUT2D eigenvalue weighted by atomic mass is 35.5. The monoisotopic (exact) mass is 376 g/mol. The van der Waals surface area contributed by atoms with Crippen molar-refractivity contribution in [1.82, 2.24) is 0 Å². The molecule has 1 N–H and O–H groups in total. The van der Waals surface area contributed by atoms with E-state index in [0.717, 1.165) is 12.1 Å². The smallest absolute Gasteiger partial charge is 0.297 e. The minimum Gasteiger partial charge on any atom is -0.496 e. The van der Waals surface area contributed by atoms with Gasteiger partial charge >= 0.3 is 0 Å². The first-order valence-electron chi connectivity index (χ1n) is 6.05. The first-order valence-corrected chi connectivity index (χ1v) is 8.29. The molecule has 0 radical (unpaired) electrons. The predicted octanol–water partition coefficient (Wildman–Crippen LogP) is 3.71. The Morgan fingerprint density at radius 1 is 1.17 bits per heavy atom. The van der Waals surface area contributed by atoms with Crippen LogP contribution in [0.25, 0.3) is 0 Å². The van der Waals surface area contributed by atoms with E-state index in [-0.39, 0.29) is 26.4 Å². The highest BCUT2D eigenvalue weighted by molar-refractivity contribution is 7.92. The van der Waals surface area contributed by atoms with Gasteiger partial charge in [-0.05, 0) is 30.3 Å². The molecule has 0 saturated carbocycles. The summed E-state index contributed by atoms with van der Waals surface area (Å²) in [6.45, 7) is 0. The fraction of sp³-hybridized carbons (Fsp3) is 0.0769. The Hall–Kier alpha value is -2.03. The van der Waals surface area contributed by atoms with E-state index in [4.69, 9.17) is 27.9 Å². The summed E-state index contributed by atoms with van der Waals surface area (Å²) in [5, 5.41) is 11.2. The van der Waals surface area contributed by atoms with Gasteiger partial charge in [0.05, 0.1) is 23.1 Å². The van der Waals surface area contributed by atoms with Crippen molar-refractivity contribution in [3.63, 3.8) is 0 Å².